The molecular weight excluding hydrogens is 310 g/mol. The van der Waals surface area contributed by atoms with Gasteiger partial charge in [-0.25, -0.2) is 4.90 Å². The van der Waals surface area contributed by atoms with Crippen molar-refractivity contribution < 1.29 is 19.2 Å². The minimum atomic E-state index is -0.507. The molecule has 0 fully saturated rings. The van der Waals surface area contributed by atoms with Gasteiger partial charge in [-0.15, -0.1) is 0 Å². The van der Waals surface area contributed by atoms with Crippen molar-refractivity contribution in [3.63, 3.8) is 0 Å². The summed E-state index contributed by atoms with van der Waals surface area (Å²) in [4.78, 5) is 51.1. The molecule has 0 bridgehead atoms. The molecule has 0 aromatic heterocycles. The molecule has 2 aliphatic heterocycles. The lowest BCUT2D eigenvalue weighted by Gasteiger charge is -2.14. The van der Waals surface area contributed by atoms with Crippen LogP contribution in [0.5, 0.6) is 0 Å². The third-order valence-corrected chi connectivity index (χ3v) is 4.24. The monoisotopic (exact) mass is 321 g/mol. The number of rotatable bonds is 1. The van der Waals surface area contributed by atoms with Gasteiger partial charge >= 0.3 is 0 Å². The third-order valence-electron chi connectivity index (χ3n) is 4.24. The molecular formula is C17H11N3O4. The number of hydrogen-bond donors (Lipinski definition) is 1. The average Bonchev–Trinajstić information content (AvgIpc) is 2.94. The quantitative estimate of drug-likeness (QED) is 0.630. The van der Waals surface area contributed by atoms with Crippen LogP contribution in [0.3, 0.4) is 0 Å². The molecule has 0 radical (unpaired) electrons. The van der Waals surface area contributed by atoms with E-state index in [1.165, 1.54) is 37.4 Å². The first kappa shape index (κ1) is 14.1. The molecule has 2 aliphatic rings. The summed E-state index contributed by atoms with van der Waals surface area (Å²) in [5, 5.41) is 0. The molecule has 118 valence electrons. The number of amides is 4. The van der Waals surface area contributed by atoms with E-state index in [1.54, 1.807) is 6.07 Å². The second-order valence-electron chi connectivity index (χ2n) is 5.65. The Balaban J connectivity index is 1.82. The van der Waals surface area contributed by atoms with Crippen LogP contribution in [0.1, 0.15) is 41.4 Å². The SMILES string of the molecule is CN1C(=O)c2ccc(N3C(=O)c4ccc(N)cc4C3=O)cc2C1=O. The number of nitrogens with two attached hydrogens (primary N) is 1. The van der Waals surface area contributed by atoms with Gasteiger partial charge in [0.15, 0.2) is 0 Å². The zero-order valence-corrected chi connectivity index (χ0v) is 12.6. The number of nitrogen functional groups attached to an aromatic ring is 1. The minimum Gasteiger partial charge on any atom is -0.399 e. The maximum absolute atomic E-state index is 12.6. The van der Waals surface area contributed by atoms with Crippen molar-refractivity contribution in [1.29, 1.82) is 0 Å². The van der Waals surface area contributed by atoms with Crippen molar-refractivity contribution in [2.45, 2.75) is 0 Å². The smallest absolute Gasteiger partial charge is 0.266 e. The normalized spacial score (nSPS) is 16.0. The first-order valence-electron chi connectivity index (χ1n) is 7.15. The largest absolute Gasteiger partial charge is 0.399 e. The Morgan fingerprint density at radius 3 is 2.00 bits per heavy atom. The second-order valence-corrected chi connectivity index (χ2v) is 5.65. The Morgan fingerprint density at radius 2 is 1.25 bits per heavy atom. The van der Waals surface area contributed by atoms with E-state index >= 15 is 0 Å². The maximum Gasteiger partial charge on any atom is 0.266 e. The number of carbonyl (C=O) groups is 4. The van der Waals surface area contributed by atoms with E-state index in [-0.39, 0.29) is 27.9 Å². The van der Waals surface area contributed by atoms with Crippen molar-refractivity contribution in [1.82, 2.24) is 4.90 Å². The van der Waals surface area contributed by atoms with E-state index in [2.05, 4.69) is 0 Å². The molecule has 2 aromatic rings. The Labute approximate surface area is 136 Å². The van der Waals surface area contributed by atoms with E-state index in [9.17, 15) is 19.2 Å². The van der Waals surface area contributed by atoms with Gasteiger partial charge in [-0.2, -0.15) is 0 Å². The van der Waals surface area contributed by atoms with E-state index < -0.39 is 23.6 Å². The second kappa shape index (κ2) is 4.51. The topological polar surface area (TPSA) is 101 Å². The zero-order valence-electron chi connectivity index (χ0n) is 12.6. The summed E-state index contributed by atoms with van der Waals surface area (Å²) in [6.07, 6.45) is 0. The van der Waals surface area contributed by atoms with Crippen molar-refractivity contribution in [2.75, 3.05) is 17.7 Å². The van der Waals surface area contributed by atoms with Gasteiger partial charge in [-0.05, 0) is 36.4 Å². The highest BCUT2D eigenvalue weighted by Crippen LogP contribution is 2.32. The summed E-state index contributed by atoms with van der Waals surface area (Å²) in [7, 11) is 1.38. The van der Waals surface area contributed by atoms with Gasteiger partial charge < -0.3 is 5.73 Å². The average molecular weight is 321 g/mol. The van der Waals surface area contributed by atoms with Crippen LogP contribution in [-0.4, -0.2) is 35.6 Å². The van der Waals surface area contributed by atoms with Crippen molar-refractivity contribution in [3.8, 4) is 0 Å². The van der Waals surface area contributed by atoms with Gasteiger partial charge in [0, 0.05) is 12.7 Å². The predicted octanol–water partition coefficient (Wildman–Crippen LogP) is 1.30. The van der Waals surface area contributed by atoms with Gasteiger partial charge in [-0.1, -0.05) is 0 Å². The zero-order chi connectivity index (χ0) is 17.2. The predicted molar refractivity (Wildman–Crippen MR) is 84.9 cm³/mol. The fourth-order valence-electron chi connectivity index (χ4n) is 2.98. The number of anilines is 2. The number of imide groups is 2. The molecule has 24 heavy (non-hydrogen) atoms. The highest BCUT2D eigenvalue weighted by molar-refractivity contribution is 6.35. The van der Waals surface area contributed by atoms with Crippen LogP contribution in [0, 0.1) is 0 Å². The molecule has 4 amide bonds. The van der Waals surface area contributed by atoms with Gasteiger partial charge in [0.25, 0.3) is 23.6 Å². The van der Waals surface area contributed by atoms with Gasteiger partial charge in [0.1, 0.15) is 0 Å². The van der Waals surface area contributed by atoms with Crippen LogP contribution in [-0.2, 0) is 0 Å². The van der Waals surface area contributed by atoms with Crippen LogP contribution >= 0.6 is 0 Å². The van der Waals surface area contributed by atoms with Crippen LogP contribution in [0.25, 0.3) is 0 Å². The van der Waals surface area contributed by atoms with Crippen molar-refractivity contribution >= 4 is 35.0 Å². The molecule has 0 saturated heterocycles. The van der Waals surface area contributed by atoms with Gasteiger partial charge in [0.2, 0.25) is 0 Å². The van der Waals surface area contributed by atoms with Gasteiger partial charge in [-0.3, -0.25) is 24.1 Å². The van der Waals surface area contributed by atoms with E-state index in [0.717, 1.165) is 9.80 Å². The Bertz CT molecular complexity index is 980. The number of carbonyl (C=O) groups excluding carboxylic acids is 4. The molecule has 2 N–H and O–H groups in total. The lowest BCUT2D eigenvalue weighted by molar-refractivity contribution is 0.0692. The lowest BCUT2D eigenvalue weighted by Crippen LogP contribution is -2.29. The molecule has 7 heteroatoms. The van der Waals surface area contributed by atoms with Crippen LogP contribution in [0.4, 0.5) is 11.4 Å². The fourth-order valence-corrected chi connectivity index (χ4v) is 2.98. The number of nitrogens with zero attached hydrogens (tertiary/aromatic N) is 2. The van der Waals surface area contributed by atoms with Crippen LogP contribution in [0.15, 0.2) is 36.4 Å². The van der Waals surface area contributed by atoms with Crippen LogP contribution in [0.2, 0.25) is 0 Å². The Hall–Kier alpha value is -3.48. The first-order valence-corrected chi connectivity index (χ1v) is 7.15. The van der Waals surface area contributed by atoms with Crippen molar-refractivity contribution in [3.05, 3.63) is 58.7 Å². The van der Waals surface area contributed by atoms with Crippen LogP contribution < -0.4 is 10.6 Å². The summed E-state index contributed by atoms with van der Waals surface area (Å²) < 4.78 is 0. The maximum atomic E-state index is 12.6. The lowest BCUT2D eigenvalue weighted by atomic mass is 10.1. The highest BCUT2D eigenvalue weighted by Gasteiger charge is 2.39. The number of hydrogen-bond acceptors (Lipinski definition) is 5. The summed E-state index contributed by atoms with van der Waals surface area (Å²) in [6.45, 7) is 0. The Morgan fingerprint density at radius 1 is 0.708 bits per heavy atom. The van der Waals surface area contributed by atoms with E-state index in [1.807, 2.05) is 0 Å². The van der Waals surface area contributed by atoms with Gasteiger partial charge in [0.05, 0.1) is 27.9 Å². The Kier molecular flexibility index (Phi) is 2.66. The fraction of sp³-hybridized carbons (Fsp3) is 0.0588. The third kappa shape index (κ3) is 1.66. The summed E-state index contributed by atoms with van der Waals surface area (Å²) in [5.41, 5.74) is 7.22. The number of fused-ring (bicyclic) bond motifs is 2. The van der Waals surface area contributed by atoms with Crippen molar-refractivity contribution in [2.24, 2.45) is 0 Å². The standard InChI is InChI=1S/C17H11N3O4/c1-19-14(21)10-5-3-9(7-13(10)15(19)22)20-16(23)11-4-2-8(18)6-12(11)17(20)24/h2-7H,18H2,1H3. The molecule has 7 nitrogen and oxygen atoms in total. The summed E-state index contributed by atoms with van der Waals surface area (Å²) in [6, 6.07) is 8.82. The molecule has 0 unspecified atom stereocenters. The molecule has 0 saturated carbocycles. The first-order chi connectivity index (χ1) is 11.4. The minimum absolute atomic E-state index is 0.177. The highest BCUT2D eigenvalue weighted by atomic mass is 16.2. The molecule has 2 heterocycles. The summed E-state index contributed by atoms with van der Waals surface area (Å²) in [5.74, 6) is -1.86. The van der Waals surface area contributed by atoms with E-state index in [4.69, 9.17) is 5.73 Å². The molecule has 0 aliphatic carbocycles. The summed E-state index contributed by atoms with van der Waals surface area (Å²) >= 11 is 0. The molecule has 4 rings (SSSR count). The molecule has 2 aromatic carbocycles. The number of benzene rings is 2. The molecule has 0 atom stereocenters. The van der Waals surface area contributed by atoms with E-state index in [0.29, 0.717) is 5.69 Å². The molecule has 0 spiro atoms.